The van der Waals surface area contributed by atoms with Crippen molar-refractivity contribution in [2.24, 2.45) is 0 Å². The number of aromatic nitrogens is 2. The number of para-hydroxylation sites is 1. The number of nitriles is 1. The Morgan fingerprint density at radius 2 is 2.12 bits per heavy atom. The van der Waals surface area contributed by atoms with Crippen molar-refractivity contribution >= 4 is 5.91 Å². The van der Waals surface area contributed by atoms with E-state index in [1.165, 1.54) is 6.20 Å². The molecule has 1 fully saturated rings. The van der Waals surface area contributed by atoms with Gasteiger partial charge in [0.2, 0.25) is 5.88 Å². The number of carbonyl (C=O) groups is 1. The molecule has 1 aliphatic carbocycles. The molecule has 1 aromatic heterocycles. The van der Waals surface area contributed by atoms with E-state index in [-0.39, 0.29) is 23.6 Å². The van der Waals surface area contributed by atoms with Crippen LogP contribution in [0.4, 0.5) is 0 Å². The summed E-state index contributed by atoms with van der Waals surface area (Å²) in [5.41, 5.74) is 0.499. The Kier molecular flexibility index (Phi) is 4.52. The van der Waals surface area contributed by atoms with E-state index < -0.39 is 5.91 Å². The number of nitrogens with zero attached hydrogens (tertiary/aromatic N) is 3. The van der Waals surface area contributed by atoms with Gasteiger partial charge in [-0.15, -0.1) is 0 Å². The molecule has 0 atom stereocenters. The fraction of sp³-hybridized carbons (Fsp3) is 0.222. The number of rotatable bonds is 6. The van der Waals surface area contributed by atoms with Crippen molar-refractivity contribution in [1.29, 1.82) is 5.26 Å². The fourth-order valence-corrected chi connectivity index (χ4v) is 2.07. The predicted molar refractivity (Wildman–Crippen MR) is 87.6 cm³/mol. The van der Waals surface area contributed by atoms with E-state index >= 15 is 0 Å². The van der Waals surface area contributed by atoms with E-state index in [4.69, 9.17) is 10.00 Å². The van der Waals surface area contributed by atoms with Crippen molar-refractivity contribution in [1.82, 2.24) is 15.3 Å². The summed E-state index contributed by atoms with van der Waals surface area (Å²) >= 11 is 0. The van der Waals surface area contributed by atoms with Gasteiger partial charge in [0.05, 0.1) is 12.6 Å². The molecule has 24 heavy (non-hydrogen) atoms. The molecule has 6 nitrogen and oxygen atoms in total. The molecule has 120 valence electrons. The number of amides is 1. The molecule has 0 saturated heterocycles. The number of hydrogen-bond acceptors (Lipinski definition) is 5. The second-order valence-corrected chi connectivity index (χ2v) is 5.53. The molecule has 3 rings (SSSR count). The first kappa shape index (κ1) is 15.7. The summed E-state index contributed by atoms with van der Waals surface area (Å²) in [4.78, 5) is 21.0. The smallest absolute Gasteiger partial charge is 0.258 e. The zero-order valence-electron chi connectivity index (χ0n) is 13.0. The van der Waals surface area contributed by atoms with Crippen LogP contribution in [-0.2, 0) is 0 Å². The Labute approximate surface area is 139 Å². The van der Waals surface area contributed by atoms with Crippen LogP contribution in [0, 0.1) is 11.3 Å². The molecule has 1 heterocycles. The van der Waals surface area contributed by atoms with Crippen molar-refractivity contribution in [3.63, 3.8) is 0 Å². The molecule has 1 aliphatic rings. The molecular formula is C18H16N4O2. The highest BCUT2D eigenvalue weighted by molar-refractivity contribution is 5.96. The van der Waals surface area contributed by atoms with Gasteiger partial charge in [0, 0.05) is 17.7 Å². The average molecular weight is 320 g/mol. The number of benzene rings is 1. The van der Waals surface area contributed by atoms with Crippen LogP contribution < -0.4 is 10.1 Å². The van der Waals surface area contributed by atoms with Crippen molar-refractivity contribution < 1.29 is 9.53 Å². The fourth-order valence-electron chi connectivity index (χ4n) is 2.07. The van der Waals surface area contributed by atoms with Gasteiger partial charge in [0.1, 0.15) is 17.1 Å². The van der Waals surface area contributed by atoms with Crippen LogP contribution in [0.3, 0.4) is 0 Å². The zero-order chi connectivity index (χ0) is 16.9. The van der Waals surface area contributed by atoms with Crippen LogP contribution in [0.5, 0.6) is 11.6 Å². The van der Waals surface area contributed by atoms with Crippen molar-refractivity contribution in [3.05, 3.63) is 60.1 Å². The molecule has 2 aromatic rings. The van der Waals surface area contributed by atoms with E-state index in [1.54, 1.807) is 12.1 Å². The van der Waals surface area contributed by atoms with E-state index in [0.717, 1.165) is 12.8 Å². The first-order valence-corrected chi connectivity index (χ1v) is 7.63. The molecule has 1 amide bonds. The first-order valence-electron chi connectivity index (χ1n) is 7.63. The van der Waals surface area contributed by atoms with Gasteiger partial charge in [-0.05, 0) is 25.0 Å². The molecule has 0 radical (unpaired) electrons. The van der Waals surface area contributed by atoms with Crippen molar-refractivity contribution in [2.75, 3.05) is 6.54 Å². The summed E-state index contributed by atoms with van der Waals surface area (Å²) in [6.45, 7) is 3.61. The highest BCUT2D eigenvalue weighted by atomic mass is 16.5. The van der Waals surface area contributed by atoms with Crippen LogP contribution >= 0.6 is 0 Å². The molecule has 6 heteroatoms. The zero-order valence-corrected chi connectivity index (χ0v) is 13.0. The minimum absolute atomic E-state index is 0.0739. The summed E-state index contributed by atoms with van der Waals surface area (Å²) in [6, 6.07) is 11.0. The Bertz CT molecular complexity index is 808. The largest absolute Gasteiger partial charge is 0.438 e. The minimum atomic E-state index is -0.403. The van der Waals surface area contributed by atoms with Gasteiger partial charge in [0.15, 0.2) is 0 Å². The highest BCUT2D eigenvalue weighted by Crippen LogP contribution is 2.39. The minimum Gasteiger partial charge on any atom is -0.438 e. The number of nitrogens with one attached hydrogen (secondary N) is 1. The lowest BCUT2D eigenvalue weighted by atomic mass is 10.2. The molecule has 0 spiro atoms. The normalized spacial score (nSPS) is 13.0. The lowest BCUT2D eigenvalue weighted by Crippen LogP contribution is -2.26. The Morgan fingerprint density at radius 1 is 1.38 bits per heavy atom. The topological polar surface area (TPSA) is 87.9 Å². The van der Waals surface area contributed by atoms with Gasteiger partial charge >= 0.3 is 0 Å². The molecule has 1 aromatic carbocycles. The van der Waals surface area contributed by atoms with Crippen LogP contribution in [0.2, 0.25) is 0 Å². The Hall–Kier alpha value is -3.20. The SMILES string of the molecule is C=C(C#N)CNC(=O)c1cnc(C2CC2)nc1Oc1ccccc1. The number of carbonyl (C=O) groups excluding carboxylic acids is 1. The summed E-state index contributed by atoms with van der Waals surface area (Å²) in [5.74, 6) is 1.45. The third-order valence-electron chi connectivity index (χ3n) is 3.54. The maximum atomic E-state index is 12.4. The highest BCUT2D eigenvalue weighted by Gasteiger charge is 2.28. The summed E-state index contributed by atoms with van der Waals surface area (Å²) < 4.78 is 5.78. The van der Waals surface area contributed by atoms with Gasteiger partial charge in [-0.3, -0.25) is 4.79 Å². The van der Waals surface area contributed by atoms with Gasteiger partial charge < -0.3 is 10.1 Å². The predicted octanol–water partition coefficient (Wildman–Crippen LogP) is 2.96. The van der Waals surface area contributed by atoms with Gasteiger partial charge in [-0.2, -0.15) is 10.2 Å². The summed E-state index contributed by atoms with van der Waals surface area (Å²) in [7, 11) is 0. The van der Waals surface area contributed by atoms with Gasteiger partial charge in [-0.25, -0.2) is 4.98 Å². The summed E-state index contributed by atoms with van der Waals surface area (Å²) in [6.07, 6.45) is 3.58. The molecular weight excluding hydrogens is 304 g/mol. The Balaban J connectivity index is 1.85. The third kappa shape index (κ3) is 3.76. The van der Waals surface area contributed by atoms with E-state index in [2.05, 4.69) is 21.9 Å². The van der Waals surface area contributed by atoms with Crippen LogP contribution in [0.1, 0.15) is 34.9 Å². The second kappa shape index (κ2) is 6.92. The first-order chi connectivity index (χ1) is 11.7. The van der Waals surface area contributed by atoms with E-state index in [0.29, 0.717) is 17.5 Å². The van der Waals surface area contributed by atoms with Crippen LogP contribution in [0.25, 0.3) is 0 Å². The molecule has 0 aliphatic heterocycles. The number of ether oxygens (including phenoxy) is 1. The number of hydrogen-bond donors (Lipinski definition) is 1. The average Bonchev–Trinajstić information content (AvgIpc) is 3.45. The van der Waals surface area contributed by atoms with Crippen molar-refractivity contribution in [2.45, 2.75) is 18.8 Å². The Morgan fingerprint density at radius 3 is 2.79 bits per heavy atom. The van der Waals surface area contributed by atoms with Crippen LogP contribution in [0.15, 0.2) is 48.7 Å². The van der Waals surface area contributed by atoms with E-state index in [1.807, 2.05) is 24.3 Å². The molecule has 0 bridgehead atoms. The van der Waals surface area contributed by atoms with Crippen LogP contribution in [-0.4, -0.2) is 22.4 Å². The standard InChI is InChI=1S/C18H16N4O2/c1-12(9-19)10-21-17(23)15-11-20-16(13-7-8-13)22-18(15)24-14-5-3-2-4-6-14/h2-6,11,13H,1,7-8,10H2,(H,21,23). The third-order valence-corrected chi connectivity index (χ3v) is 3.54. The second-order valence-electron chi connectivity index (χ2n) is 5.53. The monoisotopic (exact) mass is 320 g/mol. The van der Waals surface area contributed by atoms with Gasteiger partial charge in [-0.1, -0.05) is 24.8 Å². The lowest BCUT2D eigenvalue weighted by molar-refractivity contribution is 0.0954. The summed E-state index contributed by atoms with van der Waals surface area (Å²) in [5, 5.41) is 11.3. The van der Waals surface area contributed by atoms with Gasteiger partial charge in [0.25, 0.3) is 5.91 Å². The van der Waals surface area contributed by atoms with E-state index in [9.17, 15) is 4.79 Å². The maximum Gasteiger partial charge on any atom is 0.258 e. The molecule has 0 unspecified atom stereocenters. The quantitative estimate of drug-likeness (QED) is 0.827. The van der Waals surface area contributed by atoms with Crippen molar-refractivity contribution in [3.8, 4) is 17.7 Å². The molecule has 1 N–H and O–H groups in total. The molecule has 1 saturated carbocycles. The maximum absolute atomic E-state index is 12.4. The lowest BCUT2D eigenvalue weighted by Gasteiger charge is -2.11.